The lowest BCUT2D eigenvalue weighted by Gasteiger charge is -2.21. The van der Waals surface area contributed by atoms with Gasteiger partial charge in [0.25, 0.3) is 0 Å². The molecule has 1 aliphatic heterocycles. The second kappa shape index (κ2) is 6.09. The van der Waals surface area contributed by atoms with E-state index < -0.39 is 0 Å². The molecule has 23 heavy (non-hydrogen) atoms. The standard InChI is InChI=1S/C19H18ClN3/c20-17-19(22-13-7-8-14-22)23(16-11-5-2-6-12-16)18(21-17)15-9-3-1-4-10-15/h1-6,9-12H,7-8,13-14H2. The van der Waals surface area contributed by atoms with Crippen LogP contribution in [0.3, 0.4) is 0 Å². The molecular weight excluding hydrogens is 306 g/mol. The molecule has 2 heterocycles. The van der Waals surface area contributed by atoms with E-state index in [1.54, 1.807) is 0 Å². The van der Waals surface area contributed by atoms with Gasteiger partial charge in [0.2, 0.25) is 0 Å². The zero-order valence-corrected chi connectivity index (χ0v) is 13.6. The zero-order valence-electron chi connectivity index (χ0n) is 12.8. The molecule has 0 radical (unpaired) electrons. The third-order valence-electron chi connectivity index (χ3n) is 4.26. The van der Waals surface area contributed by atoms with Gasteiger partial charge in [-0.3, -0.25) is 4.57 Å². The summed E-state index contributed by atoms with van der Waals surface area (Å²) in [6, 6.07) is 20.6. The van der Waals surface area contributed by atoms with Crippen LogP contribution >= 0.6 is 11.6 Å². The largest absolute Gasteiger partial charge is 0.355 e. The molecule has 4 rings (SSSR count). The van der Waals surface area contributed by atoms with Crippen molar-refractivity contribution in [1.29, 1.82) is 0 Å². The summed E-state index contributed by atoms with van der Waals surface area (Å²) < 4.78 is 2.18. The molecule has 3 nitrogen and oxygen atoms in total. The third kappa shape index (κ3) is 2.62. The molecule has 0 N–H and O–H groups in total. The van der Waals surface area contributed by atoms with Crippen LogP contribution in [0.1, 0.15) is 12.8 Å². The van der Waals surface area contributed by atoms with Gasteiger partial charge in [0.05, 0.1) is 0 Å². The highest BCUT2D eigenvalue weighted by atomic mass is 35.5. The van der Waals surface area contributed by atoms with Crippen molar-refractivity contribution in [2.24, 2.45) is 0 Å². The van der Waals surface area contributed by atoms with Crippen molar-refractivity contribution >= 4 is 17.4 Å². The Kier molecular flexibility index (Phi) is 3.80. The number of aromatic nitrogens is 2. The fourth-order valence-corrected chi connectivity index (χ4v) is 3.47. The lowest BCUT2D eigenvalue weighted by Crippen LogP contribution is -2.21. The Morgan fingerprint density at radius 1 is 0.826 bits per heavy atom. The van der Waals surface area contributed by atoms with Crippen molar-refractivity contribution in [3.8, 4) is 17.1 Å². The van der Waals surface area contributed by atoms with Crippen LogP contribution in [0.4, 0.5) is 5.82 Å². The van der Waals surface area contributed by atoms with Crippen molar-refractivity contribution < 1.29 is 0 Å². The number of hydrogen-bond donors (Lipinski definition) is 0. The number of benzene rings is 2. The topological polar surface area (TPSA) is 21.1 Å². The first-order valence-corrected chi connectivity index (χ1v) is 8.36. The average molecular weight is 324 g/mol. The van der Waals surface area contributed by atoms with E-state index in [0.717, 1.165) is 36.0 Å². The van der Waals surface area contributed by atoms with Gasteiger partial charge in [0.15, 0.2) is 11.0 Å². The van der Waals surface area contributed by atoms with Crippen LogP contribution in [-0.4, -0.2) is 22.6 Å². The molecule has 2 aromatic carbocycles. The van der Waals surface area contributed by atoms with Gasteiger partial charge in [0.1, 0.15) is 5.82 Å². The number of para-hydroxylation sites is 1. The molecule has 0 saturated carbocycles. The highest BCUT2D eigenvalue weighted by Crippen LogP contribution is 2.36. The molecule has 0 unspecified atom stereocenters. The van der Waals surface area contributed by atoms with Gasteiger partial charge < -0.3 is 4.90 Å². The minimum atomic E-state index is 0.578. The van der Waals surface area contributed by atoms with Crippen molar-refractivity contribution in [3.63, 3.8) is 0 Å². The molecule has 1 saturated heterocycles. The minimum absolute atomic E-state index is 0.578. The summed E-state index contributed by atoms with van der Waals surface area (Å²) in [6.45, 7) is 2.07. The molecule has 4 heteroatoms. The van der Waals surface area contributed by atoms with Crippen molar-refractivity contribution in [1.82, 2.24) is 9.55 Å². The normalized spacial score (nSPS) is 14.4. The molecule has 1 aliphatic rings. The van der Waals surface area contributed by atoms with E-state index in [9.17, 15) is 0 Å². The minimum Gasteiger partial charge on any atom is -0.355 e. The van der Waals surface area contributed by atoms with Crippen molar-refractivity contribution in [2.45, 2.75) is 12.8 Å². The Bertz CT molecular complexity index is 790. The fraction of sp³-hybridized carbons (Fsp3) is 0.211. The van der Waals surface area contributed by atoms with Crippen LogP contribution in [0.15, 0.2) is 60.7 Å². The van der Waals surface area contributed by atoms with Gasteiger partial charge in [-0.15, -0.1) is 0 Å². The van der Waals surface area contributed by atoms with Gasteiger partial charge in [-0.2, -0.15) is 0 Å². The molecule has 3 aromatic rings. The van der Waals surface area contributed by atoms with Gasteiger partial charge in [0, 0.05) is 24.3 Å². The molecule has 0 atom stereocenters. The van der Waals surface area contributed by atoms with Crippen LogP contribution in [0.2, 0.25) is 5.15 Å². The van der Waals surface area contributed by atoms with Crippen LogP contribution in [0.25, 0.3) is 17.1 Å². The first-order chi connectivity index (χ1) is 11.3. The van der Waals surface area contributed by atoms with Gasteiger partial charge in [-0.1, -0.05) is 60.1 Å². The van der Waals surface area contributed by atoms with E-state index in [1.807, 2.05) is 36.4 Å². The maximum atomic E-state index is 6.56. The highest BCUT2D eigenvalue weighted by molar-refractivity contribution is 6.32. The van der Waals surface area contributed by atoms with Crippen LogP contribution < -0.4 is 4.90 Å². The summed E-state index contributed by atoms with van der Waals surface area (Å²) in [5.74, 6) is 1.90. The highest BCUT2D eigenvalue weighted by Gasteiger charge is 2.25. The average Bonchev–Trinajstić information content (AvgIpc) is 3.23. The molecule has 1 aromatic heterocycles. The van der Waals surface area contributed by atoms with Crippen LogP contribution in [0, 0.1) is 0 Å². The Balaban J connectivity index is 1.95. The zero-order chi connectivity index (χ0) is 15.6. The molecule has 1 fully saturated rings. The predicted molar refractivity (Wildman–Crippen MR) is 95.5 cm³/mol. The van der Waals surface area contributed by atoms with Gasteiger partial charge in [-0.05, 0) is 25.0 Å². The fourth-order valence-electron chi connectivity index (χ4n) is 3.19. The molecular formula is C19H18ClN3. The summed E-state index contributed by atoms with van der Waals surface area (Å²) >= 11 is 6.56. The van der Waals surface area contributed by atoms with Crippen LogP contribution in [-0.2, 0) is 0 Å². The Hall–Kier alpha value is -2.26. The quantitative estimate of drug-likeness (QED) is 0.690. The van der Waals surface area contributed by atoms with E-state index in [4.69, 9.17) is 11.6 Å². The predicted octanol–water partition coefficient (Wildman–Crippen LogP) is 4.79. The summed E-state index contributed by atoms with van der Waals surface area (Å²) in [5.41, 5.74) is 2.16. The van der Waals surface area contributed by atoms with Gasteiger partial charge in [-0.25, -0.2) is 4.98 Å². The number of hydrogen-bond acceptors (Lipinski definition) is 2. The third-order valence-corrected chi connectivity index (χ3v) is 4.52. The molecule has 0 spiro atoms. The Labute approximate surface area is 141 Å². The van der Waals surface area contributed by atoms with Crippen molar-refractivity contribution in [2.75, 3.05) is 18.0 Å². The lowest BCUT2D eigenvalue weighted by atomic mass is 10.2. The van der Waals surface area contributed by atoms with E-state index in [2.05, 4.69) is 38.7 Å². The smallest absolute Gasteiger partial charge is 0.172 e. The summed E-state index contributed by atoms with van der Waals surface area (Å²) in [6.07, 6.45) is 2.41. The molecule has 0 aliphatic carbocycles. The van der Waals surface area contributed by atoms with E-state index in [0.29, 0.717) is 5.15 Å². The van der Waals surface area contributed by atoms with E-state index in [-0.39, 0.29) is 0 Å². The molecule has 116 valence electrons. The first-order valence-electron chi connectivity index (χ1n) is 7.98. The number of nitrogens with zero attached hydrogens (tertiary/aromatic N) is 3. The van der Waals surface area contributed by atoms with Gasteiger partial charge >= 0.3 is 0 Å². The second-order valence-corrected chi connectivity index (χ2v) is 6.14. The van der Waals surface area contributed by atoms with Crippen LogP contribution in [0.5, 0.6) is 0 Å². The Morgan fingerprint density at radius 3 is 2.09 bits per heavy atom. The monoisotopic (exact) mass is 323 g/mol. The molecule has 0 bridgehead atoms. The maximum absolute atomic E-state index is 6.56. The summed E-state index contributed by atoms with van der Waals surface area (Å²) in [5, 5.41) is 0.578. The summed E-state index contributed by atoms with van der Waals surface area (Å²) in [4.78, 5) is 7.03. The van der Waals surface area contributed by atoms with Crippen molar-refractivity contribution in [3.05, 3.63) is 65.8 Å². The maximum Gasteiger partial charge on any atom is 0.172 e. The number of anilines is 1. The number of rotatable bonds is 3. The Morgan fingerprint density at radius 2 is 1.43 bits per heavy atom. The van der Waals surface area contributed by atoms with E-state index in [1.165, 1.54) is 12.8 Å². The number of imidazole rings is 1. The number of halogens is 1. The first kappa shape index (κ1) is 14.3. The SMILES string of the molecule is Clc1nc(-c2ccccc2)n(-c2ccccc2)c1N1CCCC1. The second-order valence-electron chi connectivity index (χ2n) is 5.78. The summed E-state index contributed by atoms with van der Waals surface area (Å²) in [7, 11) is 0. The van der Waals surface area contributed by atoms with E-state index >= 15 is 0 Å². The molecule has 0 amide bonds. The lowest BCUT2D eigenvalue weighted by molar-refractivity contribution is 0.903.